The number of rotatable bonds is 1. The van der Waals surface area contributed by atoms with Gasteiger partial charge in [0.1, 0.15) is 12.4 Å². The van der Waals surface area contributed by atoms with Crippen molar-refractivity contribution in [2.75, 3.05) is 12.4 Å². The first-order valence-electron chi connectivity index (χ1n) is 4.88. The second kappa shape index (κ2) is 3.64. The van der Waals surface area contributed by atoms with E-state index < -0.39 is 0 Å². The zero-order valence-corrected chi connectivity index (χ0v) is 10.2. The monoisotopic (exact) mass is 252 g/mol. The van der Waals surface area contributed by atoms with E-state index in [0.29, 0.717) is 11.6 Å². The van der Waals surface area contributed by atoms with Crippen LogP contribution in [0.4, 0.5) is 5.13 Å². The highest BCUT2D eigenvalue weighted by Gasteiger charge is 2.23. The van der Waals surface area contributed by atoms with Gasteiger partial charge in [-0.1, -0.05) is 29.0 Å². The number of aromatic nitrogens is 1. The van der Waals surface area contributed by atoms with Crippen molar-refractivity contribution >= 4 is 28.1 Å². The molecule has 0 bridgehead atoms. The van der Waals surface area contributed by atoms with E-state index in [1.807, 2.05) is 25.2 Å². The Kier molecular flexibility index (Phi) is 2.26. The third kappa shape index (κ3) is 1.37. The standard InChI is InChI=1S/C11H9ClN2OS/c1-13-11-14-9-6-3-2-4-7(12)10(6)15-5-8(9)16-11/h2-4H,5H2,1H3,(H,13,14). The average Bonchev–Trinajstić information content (AvgIpc) is 2.72. The van der Waals surface area contributed by atoms with E-state index in [1.54, 1.807) is 11.3 Å². The second-order valence-electron chi connectivity index (χ2n) is 3.45. The summed E-state index contributed by atoms with van der Waals surface area (Å²) in [5.41, 5.74) is 1.96. The first-order valence-corrected chi connectivity index (χ1v) is 6.08. The SMILES string of the molecule is CNc1nc2c(s1)COc1c(Cl)cccc1-2. The fourth-order valence-corrected chi connectivity index (χ4v) is 2.82. The van der Waals surface area contributed by atoms with Crippen LogP contribution >= 0.6 is 22.9 Å². The van der Waals surface area contributed by atoms with Crippen LogP contribution in [0, 0.1) is 0 Å². The lowest BCUT2D eigenvalue weighted by atomic mass is 10.1. The topological polar surface area (TPSA) is 34.2 Å². The van der Waals surface area contributed by atoms with Gasteiger partial charge in [0.25, 0.3) is 0 Å². The number of anilines is 1. The molecular weight excluding hydrogens is 244 g/mol. The largest absolute Gasteiger partial charge is 0.486 e. The third-order valence-electron chi connectivity index (χ3n) is 2.48. The smallest absolute Gasteiger partial charge is 0.183 e. The first-order chi connectivity index (χ1) is 7.79. The number of hydrogen-bond acceptors (Lipinski definition) is 4. The minimum absolute atomic E-state index is 0.547. The molecule has 1 aromatic carbocycles. The van der Waals surface area contributed by atoms with Crippen molar-refractivity contribution in [3.63, 3.8) is 0 Å². The summed E-state index contributed by atoms with van der Waals surface area (Å²) in [6.07, 6.45) is 0. The van der Waals surface area contributed by atoms with Crippen molar-refractivity contribution < 1.29 is 4.74 Å². The fraction of sp³-hybridized carbons (Fsp3) is 0.182. The Morgan fingerprint density at radius 3 is 3.19 bits per heavy atom. The molecule has 3 rings (SSSR count). The minimum atomic E-state index is 0.547. The molecule has 0 radical (unpaired) electrons. The van der Waals surface area contributed by atoms with E-state index in [0.717, 1.165) is 27.0 Å². The van der Waals surface area contributed by atoms with Crippen LogP contribution in [0.3, 0.4) is 0 Å². The average molecular weight is 253 g/mol. The van der Waals surface area contributed by atoms with Crippen molar-refractivity contribution in [1.82, 2.24) is 4.98 Å². The Balaban J connectivity index is 2.22. The number of fused-ring (bicyclic) bond motifs is 3. The number of hydrogen-bond donors (Lipinski definition) is 1. The molecule has 1 aromatic heterocycles. The molecule has 2 aromatic rings. The molecule has 0 saturated carbocycles. The van der Waals surface area contributed by atoms with Gasteiger partial charge in [-0.3, -0.25) is 0 Å². The van der Waals surface area contributed by atoms with Gasteiger partial charge in [-0.05, 0) is 12.1 Å². The van der Waals surface area contributed by atoms with Crippen LogP contribution in [0.25, 0.3) is 11.3 Å². The molecule has 3 nitrogen and oxygen atoms in total. The minimum Gasteiger partial charge on any atom is -0.486 e. The van der Waals surface area contributed by atoms with E-state index in [-0.39, 0.29) is 0 Å². The molecule has 82 valence electrons. The van der Waals surface area contributed by atoms with Crippen molar-refractivity contribution in [3.8, 4) is 17.0 Å². The van der Waals surface area contributed by atoms with E-state index in [1.165, 1.54) is 0 Å². The van der Waals surface area contributed by atoms with Crippen molar-refractivity contribution in [2.45, 2.75) is 6.61 Å². The van der Waals surface area contributed by atoms with E-state index in [2.05, 4.69) is 10.3 Å². The molecule has 1 aliphatic heterocycles. The van der Waals surface area contributed by atoms with Gasteiger partial charge in [-0.2, -0.15) is 0 Å². The molecule has 0 fully saturated rings. The lowest BCUT2D eigenvalue weighted by molar-refractivity contribution is 0.306. The molecule has 2 heterocycles. The summed E-state index contributed by atoms with van der Waals surface area (Å²) in [4.78, 5) is 5.66. The van der Waals surface area contributed by atoms with Crippen LogP contribution in [0.5, 0.6) is 5.75 Å². The van der Waals surface area contributed by atoms with Crippen LogP contribution in [-0.2, 0) is 6.61 Å². The zero-order chi connectivity index (χ0) is 11.1. The van der Waals surface area contributed by atoms with Gasteiger partial charge in [-0.25, -0.2) is 4.98 Å². The summed E-state index contributed by atoms with van der Waals surface area (Å²) in [6, 6.07) is 5.73. The predicted molar refractivity (Wildman–Crippen MR) is 66.4 cm³/mol. The molecular formula is C11H9ClN2OS. The molecule has 0 saturated heterocycles. The summed E-state index contributed by atoms with van der Waals surface area (Å²) in [5, 5.41) is 4.59. The van der Waals surface area contributed by atoms with Gasteiger partial charge in [0, 0.05) is 12.6 Å². The highest BCUT2D eigenvalue weighted by Crippen LogP contribution is 2.43. The molecule has 0 unspecified atom stereocenters. The normalized spacial score (nSPS) is 12.6. The van der Waals surface area contributed by atoms with Crippen molar-refractivity contribution in [2.24, 2.45) is 0 Å². The van der Waals surface area contributed by atoms with Gasteiger partial charge in [0.2, 0.25) is 0 Å². The summed E-state index contributed by atoms with van der Waals surface area (Å²) >= 11 is 7.70. The maximum atomic E-state index is 6.08. The zero-order valence-electron chi connectivity index (χ0n) is 8.58. The van der Waals surface area contributed by atoms with Crippen LogP contribution < -0.4 is 10.1 Å². The van der Waals surface area contributed by atoms with Crippen molar-refractivity contribution in [3.05, 3.63) is 28.1 Å². The lowest BCUT2D eigenvalue weighted by Gasteiger charge is -2.17. The van der Waals surface area contributed by atoms with Crippen LogP contribution in [0.15, 0.2) is 18.2 Å². The molecule has 0 aliphatic carbocycles. The Morgan fingerprint density at radius 2 is 2.38 bits per heavy atom. The molecule has 0 atom stereocenters. The Labute approximate surface area is 102 Å². The van der Waals surface area contributed by atoms with E-state index in [9.17, 15) is 0 Å². The Bertz CT molecular complexity index is 553. The number of nitrogens with one attached hydrogen (secondary N) is 1. The quantitative estimate of drug-likeness (QED) is 0.845. The molecule has 16 heavy (non-hydrogen) atoms. The van der Waals surface area contributed by atoms with Crippen molar-refractivity contribution in [1.29, 1.82) is 0 Å². The molecule has 1 aliphatic rings. The van der Waals surface area contributed by atoms with Gasteiger partial charge in [0.15, 0.2) is 5.13 Å². The summed E-state index contributed by atoms with van der Waals surface area (Å²) in [6.45, 7) is 0.547. The maximum absolute atomic E-state index is 6.08. The van der Waals surface area contributed by atoms with Gasteiger partial charge >= 0.3 is 0 Å². The summed E-state index contributed by atoms with van der Waals surface area (Å²) < 4.78 is 5.65. The summed E-state index contributed by atoms with van der Waals surface area (Å²) in [7, 11) is 1.87. The lowest BCUT2D eigenvalue weighted by Crippen LogP contribution is -2.03. The van der Waals surface area contributed by atoms with Gasteiger partial charge in [-0.15, -0.1) is 0 Å². The number of benzene rings is 1. The van der Waals surface area contributed by atoms with Gasteiger partial charge in [0.05, 0.1) is 15.6 Å². The van der Waals surface area contributed by atoms with Gasteiger partial charge < -0.3 is 10.1 Å². The Hall–Kier alpha value is -1.26. The number of ether oxygens (including phenoxy) is 1. The number of para-hydroxylation sites is 1. The highest BCUT2D eigenvalue weighted by atomic mass is 35.5. The number of halogens is 1. The molecule has 0 spiro atoms. The maximum Gasteiger partial charge on any atom is 0.183 e. The molecule has 1 N–H and O–H groups in total. The first kappa shape index (κ1) is 9.93. The molecule has 5 heteroatoms. The van der Waals surface area contributed by atoms with Crippen LogP contribution in [0.1, 0.15) is 4.88 Å². The number of thiazole rings is 1. The number of nitrogens with zero attached hydrogens (tertiary/aromatic N) is 1. The van der Waals surface area contributed by atoms with Crippen LogP contribution in [-0.4, -0.2) is 12.0 Å². The van der Waals surface area contributed by atoms with E-state index >= 15 is 0 Å². The van der Waals surface area contributed by atoms with Crippen LogP contribution in [0.2, 0.25) is 5.02 Å². The Morgan fingerprint density at radius 1 is 1.50 bits per heavy atom. The summed E-state index contributed by atoms with van der Waals surface area (Å²) in [5.74, 6) is 0.740. The third-order valence-corrected chi connectivity index (χ3v) is 3.82. The highest BCUT2D eigenvalue weighted by molar-refractivity contribution is 7.16. The van der Waals surface area contributed by atoms with E-state index in [4.69, 9.17) is 16.3 Å². The second-order valence-corrected chi connectivity index (χ2v) is 4.94. The molecule has 0 amide bonds. The predicted octanol–water partition coefficient (Wildman–Crippen LogP) is 3.40. The fourth-order valence-electron chi connectivity index (χ4n) is 1.75.